The quantitative estimate of drug-likeness (QED) is 0.121. The molecule has 0 bridgehead atoms. The van der Waals surface area contributed by atoms with Crippen LogP contribution in [0.1, 0.15) is 30.0 Å². The molecular weight excluding hydrogens is 737 g/mol. The smallest absolute Gasteiger partial charge is 0.240 e. The number of nitrogens with zero attached hydrogens (tertiary/aromatic N) is 2. The van der Waals surface area contributed by atoms with Gasteiger partial charge in [-0.2, -0.15) is 0 Å². The fourth-order valence-corrected chi connectivity index (χ4v) is 6.74. The standard InChI is InChI=1S/C36H55Cl2N3O10S/c1-40(36(42)27-30-8-9-33(37)34(38)26-30)35(29-41-11-3-4-12-41)31-6-5-7-32(28-31)52(43,44)39-10-13-46-16-17-48-20-21-50-24-25-51-23-22-49-19-18-47-15-14-45-2/h5-9,26,28,35,39H,3-4,10-25,27,29H2,1-2H3. The van der Waals surface area contributed by atoms with Gasteiger partial charge in [0.1, 0.15) is 0 Å². The first-order chi connectivity index (χ1) is 25.2. The molecule has 52 heavy (non-hydrogen) atoms. The lowest BCUT2D eigenvalue weighted by Crippen LogP contribution is -2.39. The molecule has 1 aliphatic rings. The number of ether oxygens (including phenoxy) is 7. The number of hydrogen-bond acceptors (Lipinski definition) is 11. The van der Waals surface area contributed by atoms with Crippen molar-refractivity contribution in [3.8, 4) is 0 Å². The molecule has 1 unspecified atom stereocenters. The Morgan fingerprint density at radius 1 is 0.769 bits per heavy atom. The van der Waals surface area contributed by atoms with Gasteiger partial charge >= 0.3 is 0 Å². The summed E-state index contributed by atoms with van der Waals surface area (Å²) in [6.45, 7) is 8.34. The Hall–Kier alpha value is -1.92. The van der Waals surface area contributed by atoms with Crippen molar-refractivity contribution in [1.82, 2.24) is 14.5 Å². The van der Waals surface area contributed by atoms with Gasteiger partial charge in [-0.05, 0) is 61.3 Å². The first-order valence-corrected chi connectivity index (χ1v) is 19.9. The zero-order valence-corrected chi connectivity index (χ0v) is 32.7. The number of carbonyl (C=O) groups is 1. The van der Waals surface area contributed by atoms with E-state index < -0.39 is 10.0 Å². The van der Waals surface area contributed by atoms with E-state index in [-0.39, 0.29) is 36.4 Å². The van der Waals surface area contributed by atoms with Gasteiger partial charge < -0.3 is 43.0 Å². The Morgan fingerprint density at radius 3 is 1.85 bits per heavy atom. The van der Waals surface area contributed by atoms with Crippen LogP contribution in [-0.4, -0.2) is 150 Å². The third-order valence-electron chi connectivity index (χ3n) is 8.21. The predicted molar refractivity (Wildman–Crippen MR) is 200 cm³/mol. The third kappa shape index (κ3) is 17.5. The summed E-state index contributed by atoms with van der Waals surface area (Å²) in [5, 5.41) is 0.818. The summed E-state index contributed by atoms with van der Waals surface area (Å²) < 4.78 is 66.6. The van der Waals surface area contributed by atoms with Gasteiger partial charge in [0.05, 0.1) is 113 Å². The molecule has 1 saturated heterocycles. The molecule has 1 atom stereocenters. The lowest BCUT2D eigenvalue weighted by Gasteiger charge is -2.32. The van der Waals surface area contributed by atoms with Crippen LogP contribution in [0.2, 0.25) is 10.0 Å². The van der Waals surface area contributed by atoms with Gasteiger partial charge in [0, 0.05) is 27.2 Å². The second-order valence-electron chi connectivity index (χ2n) is 12.1. The van der Waals surface area contributed by atoms with Crippen LogP contribution in [0, 0.1) is 0 Å². The van der Waals surface area contributed by atoms with Gasteiger partial charge in [0.2, 0.25) is 15.9 Å². The lowest BCUT2D eigenvalue weighted by molar-refractivity contribution is -0.131. The van der Waals surface area contributed by atoms with Crippen molar-refractivity contribution in [1.29, 1.82) is 0 Å². The number of likely N-dealkylation sites (N-methyl/N-ethyl adjacent to an activating group) is 1. The summed E-state index contributed by atoms with van der Waals surface area (Å²) in [5.41, 5.74) is 1.49. The number of methoxy groups -OCH3 is 1. The summed E-state index contributed by atoms with van der Waals surface area (Å²) in [4.78, 5) is 17.6. The number of sulfonamides is 1. The molecule has 1 aliphatic heterocycles. The van der Waals surface area contributed by atoms with Gasteiger partial charge in [-0.1, -0.05) is 41.4 Å². The number of benzene rings is 2. The minimum atomic E-state index is -3.82. The molecule has 13 nitrogen and oxygen atoms in total. The number of amides is 1. The van der Waals surface area contributed by atoms with E-state index in [4.69, 9.17) is 56.4 Å². The Balaban J connectivity index is 1.32. The van der Waals surface area contributed by atoms with Crippen molar-refractivity contribution < 1.29 is 46.4 Å². The molecule has 2 aromatic rings. The molecule has 1 fully saturated rings. The minimum absolute atomic E-state index is 0.0993. The molecule has 3 rings (SSSR count). The number of rotatable bonds is 29. The van der Waals surface area contributed by atoms with Crippen molar-refractivity contribution in [2.75, 3.05) is 126 Å². The van der Waals surface area contributed by atoms with Crippen molar-refractivity contribution in [3.63, 3.8) is 0 Å². The van der Waals surface area contributed by atoms with Crippen molar-refractivity contribution in [2.45, 2.75) is 30.2 Å². The number of hydrogen-bond donors (Lipinski definition) is 1. The first kappa shape index (κ1) is 44.5. The monoisotopic (exact) mass is 791 g/mol. The van der Waals surface area contributed by atoms with Gasteiger partial charge in [0.25, 0.3) is 0 Å². The van der Waals surface area contributed by atoms with Gasteiger partial charge in [-0.15, -0.1) is 0 Å². The lowest BCUT2D eigenvalue weighted by atomic mass is 10.0. The molecule has 2 aromatic carbocycles. The van der Waals surface area contributed by atoms with Crippen LogP contribution in [0.15, 0.2) is 47.4 Å². The molecule has 0 radical (unpaired) electrons. The zero-order chi connectivity index (χ0) is 37.4. The predicted octanol–water partition coefficient (Wildman–Crippen LogP) is 3.86. The topological polar surface area (TPSA) is 134 Å². The average molecular weight is 793 g/mol. The highest BCUT2D eigenvalue weighted by molar-refractivity contribution is 7.89. The summed E-state index contributed by atoms with van der Waals surface area (Å²) >= 11 is 12.2. The number of halogens is 2. The van der Waals surface area contributed by atoms with E-state index in [1.165, 1.54) is 0 Å². The molecular formula is C36H55Cl2N3O10S. The number of nitrogens with one attached hydrogen (secondary N) is 1. The van der Waals surface area contributed by atoms with Crippen molar-refractivity contribution >= 4 is 39.1 Å². The normalized spacial score (nSPS) is 14.2. The Morgan fingerprint density at radius 2 is 1.31 bits per heavy atom. The van der Waals surface area contributed by atoms with E-state index in [0.29, 0.717) is 95.9 Å². The van der Waals surface area contributed by atoms with E-state index >= 15 is 0 Å². The second kappa shape index (κ2) is 26.0. The van der Waals surface area contributed by atoms with Crippen LogP contribution in [0.5, 0.6) is 0 Å². The SMILES string of the molecule is COCCOCCOCCOCCOCCOCCOCCNS(=O)(=O)c1cccc(C(CN2CCCC2)N(C)C(=O)Cc2ccc(Cl)c(Cl)c2)c1. The molecule has 16 heteroatoms. The maximum atomic E-state index is 13.4. The Labute approximate surface area is 319 Å². The fourth-order valence-electron chi connectivity index (χ4n) is 5.35. The third-order valence-corrected chi connectivity index (χ3v) is 10.4. The zero-order valence-electron chi connectivity index (χ0n) is 30.4. The van der Waals surface area contributed by atoms with E-state index in [9.17, 15) is 13.2 Å². The van der Waals surface area contributed by atoms with Gasteiger partial charge in [-0.25, -0.2) is 13.1 Å². The van der Waals surface area contributed by atoms with Gasteiger partial charge in [-0.3, -0.25) is 4.79 Å². The number of likely N-dealkylation sites (tertiary alicyclic amines) is 1. The van der Waals surface area contributed by atoms with Crippen LogP contribution in [0.3, 0.4) is 0 Å². The molecule has 1 heterocycles. The van der Waals surface area contributed by atoms with Crippen LogP contribution in [-0.2, 0) is 54.4 Å². The van der Waals surface area contributed by atoms with Crippen molar-refractivity contribution in [2.24, 2.45) is 0 Å². The number of carbonyl (C=O) groups excluding carboxylic acids is 1. The highest BCUT2D eigenvalue weighted by Gasteiger charge is 2.27. The minimum Gasteiger partial charge on any atom is -0.382 e. The van der Waals surface area contributed by atoms with Crippen LogP contribution in [0.25, 0.3) is 0 Å². The Kier molecular flexibility index (Phi) is 22.2. The summed E-state index contributed by atoms with van der Waals surface area (Å²) in [6.07, 6.45) is 2.33. The van der Waals surface area contributed by atoms with E-state index in [1.807, 2.05) is 6.07 Å². The fraction of sp³-hybridized carbons (Fsp3) is 0.639. The van der Waals surface area contributed by atoms with E-state index in [0.717, 1.165) is 37.1 Å². The van der Waals surface area contributed by atoms with Crippen LogP contribution in [0.4, 0.5) is 0 Å². The maximum absolute atomic E-state index is 13.4. The van der Waals surface area contributed by atoms with E-state index in [1.54, 1.807) is 55.5 Å². The van der Waals surface area contributed by atoms with E-state index in [2.05, 4.69) is 9.62 Å². The highest BCUT2D eigenvalue weighted by atomic mass is 35.5. The molecule has 0 spiro atoms. The second-order valence-corrected chi connectivity index (χ2v) is 14.7. The maximum Gasteiger partial charge on any atom is 0.240 e. The average Bonchev–Trinajstić information content (AvgIpc) is 3.66. The van der Waals surface area contributed by atoms with Crippen LogP contribution < -0.4 is 4.72 Å². The molecule has 0 aromatic heterocycles. The molecule has 294 valence electrons. The van der Waals surface area contributed by atoms with Gasteiger partial charge in [0.15, 0.2) is 0 Å². The highest BCUT2D eigenvalue weighted by Crippen LogP contribution is 2.27. The Bertz CT molecular complexity index is 1400. The summed E-state index contributed by atoms with van der Waals surface area (Å²) in [5.74, 6) is -0.109. The largest absolute Gasteiger partial charge is 0.382 e. The molecule has 1 amide bonds. The summed E-state index contributed by atoms with van der Waals surface area (Å²) in [7, 11) is -0.429. The van der Waals surface area contributed by atoms with Crippen molar-refractivity contribution in [3.05, 3.63) is 63.6 Å². The summed E-state index contributed by atoms with van der Waals surface area (Å²) in [6, 6.07) is 11.6. The van der Waals surface area contributed by atoms with Crippen LogP contribution >= 0.6 is 23.2 Å². The molecule has 0 aliphatic carbocycles. The first-order valence-electron chi connectivity index (χ1n) is 17.7. The molecule has 1 N–H and O–H groups in total. The molecule has 0 saturated carbocycles.